The summed E-state index contributed by atoms with van der Waals surface area (Å²) >= 11 is 0. The molecule has 1 fully saturated rings. The highest BCUT2D eigenvalue weighted by Crippen LogP contribution is 2.30. The molecule has 1 saturated carbocycles. The van der Waals surface area contributed by atoms with Crippen molar-refractivity contribution in [1.82, 2.24) is 5.32 Å². The molecule has 0 atom stereocenters. The molecule has 1 aliphatic carbocycles. The number of amides is 2. The first-order valence-electron chi connectivity index (χ1n) is 7.47. The Morgan fingerprint density at radius 2 is 2.00 bits per heavy atom. The van der Waals surface area contributed by atoms with Crippen molar-refractivity contribution in [3.63, 3.8) is 0 Å². The molecular formula is C16H22N2O3. The van der Waals surface area contributed by atoms with Gasteiger partial charge in [0.15, 0.2) is 0 Å². The number of rotatable bonds is 5. The summed E-state index contributed by atoms with van der Waals surface area (Å²) in [4.78, 5) is 24.0. The van der Waals surface area contributed by atoms with E-state index in [1.807, 2.05) is 6.92 Å². The van der Waals surface area contributed by atoms with Crippen LogP contribution in [0.25, 0.3) is 0 Å². The standard InChI is InChI=1S/C16H22N2O3/c1-2-10-17-14(19)12-6-5-7-13(11-12)18-15(20)16(21)8-3-4-9-16/h5-7,11,21H,2-4,8-10H2,1H3,(H,17,19)(H,18,20). The second-order valence-electron chi connectivity index (χ2n) is 5.53. The quantitative estimate of drug-likeness (QED) is 0.777. The number of anilines is 1. The van der Waals surface area contributed by atoms with Gasteiger partial charge in [0.05, 0.1) is 0 Å². The Hall–Kier alpha value is -1.88. The predicted octanol–water partition coefficient (Wildman–Crippen LogP) is 2.07. The number of hydrogen-bond acceptors (Lipinski definition) is 3. The van der Waals surface area contributed by atoms with Crippen molar-refractivity contribution < 1.29 is 14.7 Å². The molecule has 114 valence electrons. The molecule has 0 bridgehead atoms. The lowest BCUT2D eigenvalue weighted by atomic mass is 10.0. The van der Waals surface area contributed by atoms with Crippen LogP contribution < -0.4 is 10.6 Å². The SMILES string of the molecule is CCCNC(=O)c1cccc(NC(=O)C2(O)CCCC2)c1. The Morgan fingerprint density at radius 3 is 2.67 bits per heavy atom. The van der Waals surface area contributed by atoms with Gasteiger partial charge in [-0.15, -0.1) is 0 Å². The number of benzene rings is 1. The van der Waals surface area contributed by atoms with Crippen LogP contribution in [0, 0.1) is 0 Å². The Bertz CT molecular complexity index is 522. The molecule has 2 amide bonds. The van der Waals surface area contributed by atoms with E-state index < -0.39 is 5.60 Å². The minimum atomic E-state index is -1.26. The van der Waals surface area contributed by atoms with Crippen LogP contribution in [0.2, 0.25) is 0 Å². The van der Waals surface area contributed by atoms with E-state index in [4.69, 9.17) is 0 Å². The minimum Gasteiger partial charge on any atom is -0.380 e. The highest BCUT2D eigenvalue weighted by molar-refractivity contribution is 5.99. The topological polar surface area (TPSA) is 78.4 Å². The highest BCUT2D eigenvalue weighted by atomic mass is 16.3. The van der Waals surface area contributed by atoms with Crippen molar-refractivity contribution in [2.75, 3.05) is 11.9 Å². The fourth-order valence-electron chi connectivity index (χ4n) is 2.51. The van der Waals surface area contributed by atoms with E-state index in [1.54, 1.807) is 24.3 Å². The molecule has 21 heavy (non-hydrogen) atoms. The van der Waals surface area contributed by atoms with E-state index in [1.165, 1.54) is 0 Å². The Balaban J connectivity index is 2.04. The Morgan fingerprint density at radius 1 is 1.29 bits per heavy atom. The van der Waals surface area contributed by atoms with Crippen LogP contribution in [0.1, 0.15) is 49.4 Å². The van der Waals surface area contributed by atoms with Crippen molar-refractivity contribution in [3.05, 3.63) is 29.8 Å². The van der Waals surface area contributed by atoms with E-state index in [2.05, 4.69) is 10.6 Å². The van der Waals surface area contributed by atoms with Crippen LogP contribution in [0.5, 0.6) is 0 Å². The predicted molar refractivity (Wildman–Crippen MR) is 81.1 cm³/mol. The molecule has 0 radical (unpaired) electrons. The van der Waals surface area contributed by atoms with Crippen molar-refractivity contribution in [3.8, 4) is 0 Å². The van der Waals surface area contributed by atoms with Gasteiger partial charge in [0.2, 0.25) is 0 Å². The summed E-state index contributed by atoms with van der Waals surface area (Å²) in [5, 5.41) is 15.7. The van der Waals surface area contributed by atoms with E-state index in [9.17, 15) is 14.7 Å². The van der Waals surface area contributed by atoms with E-state index >= 15 is 0 Å². The van der Waals surface area contributed by atoms with E-state index in [0.717, 1.165) is 19.3 Å². The van der Waals surface area contributed by atoms with Gasteiger partial charge in [-0.2, -0.15) is 0 Å². The molecule has 1 aromatic rings. The molecule has 0 spiro atoms. The van der Waals surface area contributed by atoms with Crippen LogP contribution in [0.4, 0.5) is 5.69 Å². The van der Waals surface area contributed by atoms with Gasteiger partial charge in [-0.25, -0.2) is 0 Å². The van der Waals surface area contributed by atoms with Gasteiger partial charge in [-0.1, -0.05) is 13.0 Å². The highest BCUT2D eigenvalue weighted by Gasteiger charge is 2.38. The van der Waals surface area contributed by atoms with Crippen LogP contribution in [-0.2, 0) is 4.79 Å². The van der Waals surface area contributed by atoms with Gasteiger partial charge < -0.3 is 15.7 Å². The largest absolute Gasteiger partial charge is 0.380 e. The smallest absolute Gasteiger partial charge is 0.256 e. The maximum atomic E-state index is 12.1. The van der Waals surface area contributed by atoms with Crippen molar-refractivity contribution in [1.29, 1.82) is 0 Å². The van der Waals surface area contributed by atoms with Crippen molar-refractivity contribution in [2.24, 2.45) is 0 Å². The average Bonchev–Trinajstić information content (AvgIpc) is 2.93. The van der Waals surface area contributed by atoms with Crippen LogP contribution in [0.3, 0.4) is 0 Å². The lowest BCUT2D eigenvalue weighted by Gasteiger charge is -2.21. The molecule has 5 heteroatoms. The third-order valence-electron chi connectivity index (χ3n) is 3.77. The molecular weight excluding hydrogens is 268 g/mol. The summed E-state index contributed by atoms with van der Waals surface area (Å²) in [6, 6.07) is 6.76. The number of carbonyl (C=O) groups excluding carboxylic acids is 2. The fraction of sp³-hybridized carbons (Fsp3) is 0.500. The molecule has 1 aromatic carbocycles. The van der Waals surface area contributed by atoms with Crippen LogP contribution in [-0.4, -0.2) is 29.1 Å². The zero-order chi connectivity index (χ0) is 15.3. The second-order valence-corrected chi connectivity index (χ2v) is 5.53. The normalized spacial score (nSPS) is 16.5. The van der Waals surface area contributed by atoms with Crippen LogP contribution >= 0.6 is 0 Å². The summed E-state index contributed by atoms with van der Waals surface area (Å²) in [6.07, 6.45) is 3.59. The van der Waals surface area contributed by atoms with Gasteiger partial charge in [-0.05, 0) is 50.3 Å². The average molecular weight is 290 g/mol. The first-order valence-corrected chi connectivity index (χ1v) is 7.47. The Kier molecular flexibility index (Phi) is 4.96. The molecule has 0 heterocycles. The maximum Gasteiger partial charge on any atom is 0.256 e. The molecule has 0 unspecified atom stereocenters. The zero-order valence-corrected chi connectivity index (χ0v) is 12.3. The van der Waals surface area contributed by atoms with Gasteiger partial charge in [0.25, 0.3) is 11.8 Å². The van der Waals surface area contributed by atoms with Crippen molar-refractivity contribution in [2.45, 2.75) is 44.6 Å². The lowest BCUT2D eigenvalue weighted by molar-refractivity contribution is -0.133. The molecule has 0 saturated heterocycles. The first-order chi connectivity index (χ1) is 10.0. The van der Waals surface area contributed by atoms with E-state index in [0.29, 0.717) is 30.6 Å². The molecule has 3 N–H and O–H groups in total. The number of carbonyl (C=O) groups is 2. The van der Waals surface area contributed by atoms with Crippen molar-refractivity contribution >= 4 is 17.5 Å². The monoisotopic (exact) mass is 290 g/mol. The van der Waals surface area contributed by atoms with Gasteiger partial charge >= 0.3 is 0 Å². The van der Waals surface area contributed by atoms with Gasteiger partial charge in [-0.3, -0.25) is 9.59 Å². The third kappa shape index (κ3) is 3.82. The third-order valence-corrected chi connectivity index (χ3v) is 3.77. The lowest BCUT2D eigenvalue weighted by Crippen LogP contribution is -2.40. The number of hydrogen-bond donors (Lipinski definition) is 3. The van der Waals surface area contributed by atoms with Gasteiger partial charge in [0.1, 0.15) is 5.60 Å². The minimum absolute atomic E-state index is 0.160. The Labute approximate surface area is 124 Å². The maximum absolute atomic E-state index is 12.1. The number of nitrogens with one attached hydrogen (secondary N) is 2. The van der Waals surface area contributed by atoms with Gasteiger partial charge in [0, 0.05) is 17.8 Å². The molecule has 0 aromatic heterocycles. The molecule has 0 aliphatic heterocycles. The molecule has 1 aliphatic rings. The second kappa shape index (κ2) is 6.72. The van der Waals surface area contributed by atoms with Crippen LogP contribution in [0.15, 0.2) is 24.3 Å². The zero-order valence-electron chi connectivity index (χ0n) is 12.3. The first kappa shape index (κ1) is 15.5. The summed E-state index contributed by atoms with van der Waals surface area (Å²) in [6.45, 7) is 2.61. The van der Waals surface area contributed by atoms with E-state index in [-0.39, 0.29) is 11.8 Å². The molecule has 5 nitrogen and oxygen atoms in total. The summed E-state index contributed by atoms with van der Waals surface area (Å²) in [5.74, 6) is -0.543. The summed E-state index contributed by atoms with van der Waals surface area (Å²) in [5.41, 5.74) is -0.232. The molecule has 2 rings (SSSR count). The summed E-state index contributed by atoms with van der Waals surface area (Å²) < 4.78 is 0. The summed E-state index contributed by atoms with van der Waals surface area (Å²) in [7, 11) is 0. The fourth-order valence-corrected chi connectivity index (χ4v) is 2.51. The number of aliphatic hydroxyl groups is 1.